The molecule has 0 fully saturated rings. The highest BCUT2D eigenvalue weighted by Gasteiger charge is 2.33. The third kappa shape index (κ3) is 4.07. The largest absolute Gasteiger partial charge is 0.466 e. The Morgan fingerprint density at radius 3 is 2.09 bits per heavy atom. The second-order valence-electron chi connectivity index (χ2n) is 5.10. The molecule has 0 radical (unpaired) electrons. The molecule has 0 bridgehead atoms. The zero-order valence-electron chi connectivity index (χ0n) is 12.8. The van der Waals surface area contributed by atoms with Crippen LogP contribution in [-0.4, -0.2) is 21.5 Å². The molecule has 0 spiro atoms. The van der Waals surface area contributed by atoms with E-state index in [1.165, 1.54) is 7.11 Å². The summed E-state index contributed by atoms with van der Waals surface area (Å²) in [5.41, 5.74) is 1.07. The molecule has 0 N–H and O–H groups in total. The zero-order chi connectivity index (χ0) is 16.9. The van der Waals surface area contributed by atoms with Gasteiger partial charge in [0.25, 0.3) is 0 Å². The molecule has 2 aromatic carbocycles. The van der Waals surface area contributed by atoms with E-state index in [1.807, 2.05) is 6.07 Å². The van der Waals surface area contributed by atoms with Crippen LogP contribution >= 0.6 is 0 Å². The van der Waals surface area contributed by atoms with Crippen LogP contribution in [0.15, 0.2) is 72.8 Å². The third-order valence-electron chi connectivity index (χ3n) is 3.44. The summed E-state index contributed by atoms with van der Waals surface area (Å²) < 4.78 is 30.4. The van der Waals surface area contributed by atoms with E-state index in [0.29, 0.717) is 11.1 Å². The van der Waals surface area contributed by atoms with Crippen LogP contribution in [-0.2, 0) is 25.1 Å². The predicted molar refractivity (Wildman–Crippen MR) is 89.4 cm³/mol. The third-order valence-corrected chi connectivity index (χ3v) is 5.45. The molecule has 0 aliphatic carbocycles. The Hall–Kier alpha value is -2.40. The monoisotopic (exact) mass is 330 g/mol. The minimum atomic E-state index is -3.68. The van der Waals surface area contributed by atoms with Crippen molar-refractivity contribution in [2.24, 2.45) is 0 Å². The predicted octanol–water partition coefficient (Wildman–Crippen LogP) is 3.07. The van der Waals surface area contributed by atoms with Crippen molar-refractivity contribution in [2.45, 2.75) is 11.0 Å². The van der Waals surface area contributed by atoms with Gasteiger partial charge in [0.15, 0.2) is 9.84 Å². The fourth-order valence-corrected chi connectivity index (χ4v) is 4.31. The highest BCUT2D eigenvalue weighted by molar-refractivity contribution is 7.91. The second kappa shape index (κ2) is 7.24. The molecule has 1 atom stereocenters. The fourth-order valence-electron chi connectivity index (χ4n) is 2.38. The summed E-state index contributed by atoms with van der Waals surface area (Å²) >= 11 is 0. The number of sulfone groups is 1. The Morgan fingerprint density at radius 2 is 1.57 bits per heavy atom. The van der Waals surface area contributed by atoms with Gasteiger partial charge in [0.05, 0.1) is 18.4 Å². The summed E-state index contributed by atoms with van der Waals surface area (Å²) in [6, 6.07) is 17.4. The molecule has 0 saturated heterocycles. The highest BCUT2D eigenvalue weighted by Crippen LogP contribution is 2.32. The smallest absolute Gasteiger partial charge is 0.334 e. The molecule has 120 valence electrons. The lowest BCUT2D eigenvalue weighted by molar-refractivity contribution is -0.136. The molecule has 0 aliphatic heterocycles. The van der Waals surface area contributed by atoms with Crippen molar-refractivity contribution in [3.8, 4) is 0 Å². The molecule has 5 heteroatoms. The van der Waals surface area contributed by atoms with Crippen molar-refractivity contribution >= 4 is 15.8 Å². The Kier molecular flexibility index (Phi) is 5.34. The minimum absolute atomic E-state index is 0.0883. The summed E-state index contributed by atoms with van der Waals surface area (Å²) in [5.74, 6) is -0.904. The number of hydrogen-bond donors (Lipinski definition) is 0. The number of methoxy groups -OCH3 is 1. The number of rotatable bonds is 6. The Morgan fingerprint density at radius 1 is 1.04 bits per heavy atom. The molecule has 0 amide bonds. The van der Waals surface area contributed by atoms with Crippen LogP contribution in [0.3, 0.4) is 0 Å². The van der Waals surface area contributed by atoms with Crippen molar-refractivity contribution in [3.05, 3.63) is 83.9 Å². The molecule has 0 heterocycles. The maximum absolute atomic E-state index is 12.9. The molecule has 4 nitrogen and oxygen atoms in total. The van der Waals surface area contributed by atoms with Crippen molar-refractivity contribution in [2.75, 3.05) is 7.11 Å². The molecule has 0 aliphatic rings. The van der Waals surface area contributed by atoms with Crippen LogP contribution in [0.5, 0.6) is 0 Å². The topological polar surface area (TPSA) is 60.4 Å². The number of ether oxygens (including phenoxy) is 1. The SMILES string of the molecule is C=C(C(=O)OC)C(c1ccccc1)S(=O)(=O)Cc1ccccc1. The zero-order valence-corrected chi connectivity index (χ0v) is 13.6. The lowest BCUT2D eigenvalue weighted by Crippen LogP contribution is -2.22. The van der Waals surface area contributed by atoms with Crippen LogP contribution in [0.2, 0.25) is 0 Å². The fraction of sp³-hybridized carbons (Fsp3) is 0.167. The molecule has 2 aromatic rings. The number of carbonyl (C=O) groups is 1. The van der Waals surface area contributed by atoms with E-state index >= 15 is 0 Å². The molecular formula is C18H18O4S. The first-order chi connectivity index (χ1) is 11.0. The van der Waals surface area contributed by atoms with Crippen LogP contribution < -0.4 is 0 Å². The maximum atomic E-state index is 12.9. The van der Waals surface area contributed by atoms with Gasteiger partial charge in [-0.2, -0.15) is 0 Å². The summed E-state index contributed by atoms with van der Waals surface area (Å²) in [4.78, 5) is 11.8. The van der Waals surface area contributed by atoms with E-state index in [-0.39, 0.29) is 11.3 Å². The molecular weight excluding hydrogens is 312 g/mol. The van der Waals surface area contributed by atoms with E-state index in [1.54, 1.807) is 54.6 Å². The van der Waals surface area contributed by atoms with E-state index in [9.17, 15) is 13.2 Å². The first kappa shape index (κ1) is 17.0. The van der Waals surface area contributed by atoms with Crippen molar-refractivity contribution < 1.29 is 17.9 Å². The number of esters is 1. The average molecular weight is 330 g/mol. The second-order valence-corrected chi connectivity index (χ2v) is 7.19. The van der Waals surface area contributed by atoms with Crippen molar-refractivity contribution in [1.29, 1.82) is 0 Å². The summed E-state index contributed by atoms with van der Waals surface area (Å²) in [5, 5.41) is -1.13. The molecule has 2 rings (SSSR count). The van der Waals surface area contributed by atoms with Crippen LogP contribution in [0.4, 0.5) is 0 Å². The van der Waals surface area contributed by atoms with Gasteiger partial charge in [-0.25, -0.2) is 13.2 Å². The van der Waals surface area contributed by atoms with Crippen LogP contribution in [0.25, 0.3) is 0 Å². The van der Waals surface area contributed by atoms with Crippen LogP contribution in [0.1, 0.15) is 16.4 Å². The van der Waals surface area contributed by atoms with Gasteiger partial charge in [0.2, 0.25) is 0 Å². The van der Waals surface area contributed by atoms with E-state index in [4.69, 9.17) is 0 Å². The van der Waals surface area contributed by atoms with E-state index in [2.05, 4.69) is 11.3 Å². The van der Waals surface area contributed by atoms with Gasteiger partial charge < -0.3 is 4.74 Å². The Balaban J connectivity index is 2.44. The first-order valence-electron chi connectivity index (χ1n) is 7.03. The van der Waals surface area contributed by atoms with Gasteiger partial charge in [0.1, 0.15) is 5.25 Å². The maximum Gasteiger partial charge on any atom is 0.334 e. The lowest BCUT2D eigenvalue weighted by atomic mass is 10.1. The van der Waals surface area contributed by atoms with E-state index < -0.39 is 21.1 Å². The lowest BCUT2D eigenvalue weighted by Gasteiger charge is -2.19. The summed E-state index contributed by atoms with van der Waals surface area (Å²) in [6.07, 6.45) is 0. The van der Waals surface area contributed by atoms with Crippen LogP contribution in [0, 0.1) is 0 Å². The minimum Gasteiger partial charge on any atom is -0.466 e. The molecule has 23 heavy (non-hydrogen) atoms. The van der Waals surface area contributed by atoms with Gasteiger partial charge in [-0.15, -0.1) is 0 Å². The standard InChI is InChI=1S/C18H18O4S/c1-14(18(19)22-2)17(16-11-7-4-8-12-16)23(20,21)13-15-9-5-3-6-10-15/h3-12,17H,1,13H2,2H3. The highest BCUT2D eigenvalue weighted by atomic mass is 32.2. The quantitative estimate of drug-likeness (QED) is 0.603. The number of hydrogen-bond acceptors (Lipinski definition) is 4. The van der Waals surface area contributed by atoms with Gasteiger partial charge >= 0.3 is 5.97 Å². The Bertz CT molecular complexity index is 780. The Labute approximate surface area is 136 Å². The van der Waals surface area contributed by atoms with Gasteiger partial charge in [-0.3, -0.25) is 0 Å². The van der Waals surface area contributed by atoms with Gasteiger partial charge in [-0.05, 0) is 11.1 Å². The van der Waals surface area contributed by atoms with E-state index in [0.717, 1.165) is 0 Å². The summed E-state index contributed by atoms with van der Waals surface area (Å²) in [7, 11) is -2.48. The average Bonchev–Trinajstić information content (AvgIpc) is 2.55. The normalized spacial score (nSPS) is 12.4. The first-order valence-corrected chi connectivity index (χ1v) is 8.75. The van der Waals surface area contributed by atoms with Gasteiger partial charge in [-0.1, -0.05) is 67.2 Å². The molecule has 0 aromatic heterocycles. The molecule has 0 saturated carbocycles. The summed E-state index contributed by atoms with van der Waals surface area (Å²) in [6.45, 7) is 3.66. The van der Waals surface area contributed by atoms with Crippen molar-refractivity contribution in [1.82, 2.24) is 0 Å². The van der Waals surface area contributed by atoms with Gasteiger partial charge in [0, 0.05) is 0 Å². The molecule has 1 unspecified atom stereocenters. The number of carbonyl (C=O) groups excluding carboxylic acids is 1. The van der Waals surface area contributed by atoms with Crippen molar-refractivity contribution in [3.63, 3.8) is 0 Å². The number of benzene rings is 2.